The number of nitrogens with one attached hydrogen (secondary N) is 1. The molecule has 0 bridgehead atoms. The summed E-state index contributed by atoms with van der Waals surface area (Å²) in [5.74, 6) is 0.353. The number of aromatic nitrogens is 1. The number of hydrogen-bond donors (Lipinski definition) is 3. The average molecular weight is 745 g/mol. The molecule has 2 heterocycles. The smallest absolute Gasteiger partial charge is 0.303 e. The Bertz CT molecular complexity index is 2130. The molecule has 1 saturated heterocycles. The number of β-amino-alcohol motifs (C(OH)–C–C–N with tert-alkyl or cyclic N) is 1. The van der Waals surface area contributed by atoms with Crippen LogP contribution in [0.4, 0.5) is 0 Å². The summed E-state index contributed by atoms with van der Waals surface area (Å²) in [5, 5.41) is 32.1. The van der Waals surface area contributed by atoms with Gasteiger partial charge in [-0.1, -0.05) is 72.3 Å². The van der Waals surface area contributed by atoms with Crippen LogP contribution in [0, 0.1) is 25.2 Å². The molecule has 5 aromatic rings. The first-order chi connectivity index (χ1) is 26.2. The summed E-state index contributed by atoms with van der Waals surface area (Å²) < 4.78 is 12.7. The second-order valence-corrected chi connectivity index (χ2v) is 14.2. The maximum Gasteiger partial charge on any atom is 0.303 e. The highest BCUT2D eigenvalue weighted by Crippen LogP contribution is 2.37. The van der Waals surface area contributed by atoms with E-state index in [2.05, 4.69) is 95.8 Å². The maximum absolute atomic E-state index is 10.8. The van der Waals surface area contributed by atoms with Crippen LogP contribution in [0.2, 0.25) is 5.02 Å². The van der Waals surface area contributed by atoms with Gasteiger partial charge < -0.3 is 25.0 Å². The van der Waals surface area contributed by atoms with Crippen molar-refractivity contribution >= 4 is 17.6 Å². The number of likely N-dealkylation sites (tertiary alicyclic amines) is 1. The first kappa shape index (κ1) is 38.5. The van der Waals surface area contributed by atoms with Crippen LogP contribution in [0.5, 0.6) is 11.5 Å². The Labute approximate surface area is 321 Å². The molecule has 1 aliphatic rings. The summed E-state index contributed by atoms with van der Waals surface area (Å²) in [6.07, 6.45) is 4.36. The van der Waals surface area contributed by atoms with E-state index in [1.165, 1.54) is 11.8 Å². The van der Waals surface area contributed by atoms with Gasteiger partial charge in [0.2, 0.25) is 0 Å². The summed E-state index contributed by atoms with van der Waals surface area (Å²) >= 11 is 6.84. The van der Waals surface area contributed by atoms with Gasteiger partial charge in [0.1, 0.15) is 30.8 Å². The maximum atomic E-state index is 10.8. The van der Waals surface area contributed by atoms with E-state index in [9.17, 15) is 15.2 Å². The van der Waals surface area contributed by atoms with Gasteiger partial charge in [0.05, 0.1) is 16.7 Å². The second kappa shape index (κ2) is 18.2. The lowest BCUT2D eigenvalue weighted by Crippen LogP contribution is -2.22. The van der Waals surface area contributed by atoms with E-state index in [1.54, 1.807) is 12.3 Å². The van der Waals surface area contributed by atoms with Crippen molar-refractivity contribution in [1.82, 2.24) is 15.2 Å². The predicted octanol–water partition coefficient (Wildman–Crippen LogP) is 8.24. The number of aliphatic carboxylic acids is 1. The van der Waals surface area contributed by atoms with Gasteiger partial charge in [0.15, 0.2) is 0 Å². The molecule has 10 heteroatoms. The molecule has 54 heavy (non-hydrogen) atoms. The zero-order valence-electron chi connectivity index (χ0n) is 30.6. The molecule has 1 aliphatic heterocycles. The SMILES string of the molecule is Cc1c(COc2cc(OCc3cncc(C#N)c3)c(CN3CCC(O)C3)cc2Cl)cccc1-c1cccc(-c2ccc(CNCCCC(=O)O)cc2)c1C. The lowest BCUT2D eigenvalue weighted by molar-refractivity contribution is -0.137. The fraction of sp³-hybridized carbons (Fsp3) is 0.295. The van der Waals surface area contributed by atoms with Crippen molar-refractivity contribution in [3.05, 3.63) is 135 Å². The fourth-order valence-corrected chi connectivity index (χ4v) is 7.10. The molecule has 1 fully saturated rings. The minimum atomic E-state index is -0.771. The first-order valence-electron chi connectivity index (χ1n) is 18.2. The Morgan fingerprint density at radius 2 is 1.67 bits per heavy atom. The Kier molecular flexibility index (Phi) is 13.0. The highest BCUT2D eigenvalue weighted by Gasteiger charge is 2.23. The molecule has 9 nitrogen and oxygen atoms in total. The third-order valence-corrected chi connectivity index (χ3v) is 10.2. The third kappa shape index (κ3) is 9.84. The van der Waals surface area contributed by atoms with Crippen molar-refractivity contribution in [3.8, 4) is 39.8 Å². The quantitative estimate of drug-likeness (QED) is 0.0856. The molecule has 0 radical (unpaired) electrons. The van der Waals surface area contributed by atoms with E-state index < -0.39 is 5.97 Å². The molecule has 6 rings (SSSR count). The Morgan fingerprint density at radius 1 is 0.926 bits per heavy atom. The molecule has 278 valence electrons. The second-order valence-electron chi connectivity index (χ2n) is 13.8. The van der Waals surface area contributed by atoms with Gasteiger partial charge in [0.25, 0.3) is 0 Å². The molecular formula is C44H45ClN4O5. The summed E-state index contributed by atoms with van der Waals surface area (Å²) in [4.78, 5) is 17.1. The predicted molar refractivity (Wildman–Crippen MR) is 210 cm³/mol. The molecule has 1 aromatic heterocycles. The number of nitrogens with zero attached hydrogens (tertiary/aromatic N) is 3. The van der Waals surface area contributed by atoms with Crippen LogP contribution >= 0.6 is 11.6 Å². The number of aliphatic hydroxyl groups is 1. The number of ether oxygens (including phenoxy) is 2. The molecular weight excluding hydrogens is 700 g/mol. The van der Waals surface area contributed by atoms with E-state index in [-0.39, 0.29) is 19.1 Å². The molecule has 0 saturated carbocycles. The Balaban J connectivity index is 1.18. The van der Waals surface area contributed by atoms with Crippen molar-refractivity contribution in [2.45, 2.75) is 65.5 Å². The number of benzene rings is 4. The average Bonchev–Trinajstić information content (AvgIpc) is 3.59. The van der Waals surface area contributed by atoms with E-state index in [1.807, 2.05) is 12.1 Å². The number of nitriles is 1. The number of pyridine rings is 1. The summed E-state index contributed by atoms with van der Waals surface area (Å²) in [6, 6.07) is 28.8. The van der Waals surface area contributed by atoms with Crippen molar-refractivity contribution in [1.29, 1.82) is 5.26 Å². The molecule has 1 atom stereocenters. The minimum absolute atomic E-state index is 0.169. The number of carbonyl (C=O) groups is 1. The van der Waals surface area contributed by atoms with Crippen LogP contribution in [0.3, 0.4) is 0 Å². The largest absolute Gasteiger partial charge is 0.488 e. The summed E-state index contributed by atoms with van der Waals surface area (Å²) in [6.45, 7) is 8.09. The van der Waals surface area contributed by atoms with Gasteiger partial charge in [-0.25, -0.2) is 0 Å². The van der Waals surface area contributed by atoms with Crippen molar-refractivity contribution in [3.63, 3.8) is 0 Å². The molecule has 4 aromatic carbocycles. The fourth-order valence-electron chi connectivity index (χ4n) is 6.86. The number of aliphatic hydroxyl groups excluding tert-OH is 1. The van der Waals surface area contributed by atoms with Crippen LogP contribution in [0.1, 0.15) is 58.2 Å². The molecule has 3 N–H and O–H groups in total. The van der Waals surface area contributed by atoms with Crippen molar-refractivity contribution in [2.75, 3.05) is 19.6 Å². The normalized spacial score (nSPS) is 14.2. The number of carboxylic acid groups (broad SMARTS) is 1. The van der Waals surface area contributed by atoms with Crippen LogP contribution in [0.15, 0.2) is 91.3 Å². The Hall–Kier alpha value is -5.24. The van der Waals surface area contributed by atoms with Gasteiger partial charge in [-0.05, 0) is 89.9 Å². The van der Waals surface area contributed by atoms with Gasteiger partial charge in [-0.3, -0.25) is 14.7 Å². The molecule has 1 unspecified atom stereocenters. The highest BCUT2D eigenvalue weighted by molar-refractivity contribution is 6.32. The van der Waals surface area contributed by atoms with Crippen molar-refractivity contribution < 1.29 is 24.5 Å². The van der Waals surface area contributed by atoms with Crippen LogP contribution in [0.25, 0.3) is 22.3 Å². The topological polar surface area (TPSA) is 128 Å². The van der Waals surface area contributed by atoms with Crippen LogP contribution in [-0.4, -0.2) is 51.8 Å². The van der Waals surface area contributed by atoms with Crippen LogP contribution < -0.4 is 14.8 Å². The zero-order chi connectivity index (χ0) is 38.0. The third-order valence-electron chi connectivity index (χ3n) is 9.87. The number of halogens is 1. The molecule has 0 spiro atoms. The monoisotopic (exact) mass is 744 g/mol. The van der Waals surface area contributed by atoms with Gasteiger partial charge in [-0.2, -0.15) is 5.26 Å². The lowest BCUT2D eigenvalue weighted by Gasteiger charge is -2.20. The number of hydrogen-bond acceptors (Lipinski definition) is 8. The number of rotatable bonds is 16. The standard InChI is InChI=1S/C44H45ClN4O5/c1-29-35(6-3-8-39(29)40-9-4-7-38(30(40)2)34-13-11-31(12-14-34)22-47-16-5-10-44(51)52)28-54-43-20-42(53-27-33-18-32(21-46)23-48-24-33)36(19-41(43)45)25-49-17-15-37(50)26-49/h3-4,6-9,11-14,18-20,23-24,37,47,50H,5,10,15-17,22,25-28H2,1-2H3,(H,51,52). The van der Waals surface area contributed by atoms with E-state index >= 15 is 0 Å². The van der Waals surface area contributed by atoms with Crippen molar-refractivity contribution in [2.24, 2.45) is 0 Å². The van der Waals surface area contributed by atoms with E-state index in [4.69, 9.17) is 26.2 Å². The summed E-state index contributed by atoms with van der Waals surface area (Å²) in [7, 11) is 0. The van der Waals surface area contributed by atoms with Gasteiger partial charge >= 0.3 is 5.97 Å². The summed E-state index contributed by atoms with van der Waals surface area (Å²) in [5.41, 5.74) is 11.2. The zero-order valence-corrected chi connectivity index (χ0v) is 31.4. The first-order valence-corrected chi connectivity index (χ1v) is 18.6. The van der Waals surface area contributed by atoms with Crippen LogP contribution in [-0.2, 0) is 31.1 Å². The lowest BCUT2D eigenvalue weighted by atomic mass is 9.89. The van der Waals surface area contributed by atoms with E-state index in [0.29, 0.717) is 61.3 Å². The minimum Gasteiger partial charge on any atom is -0.488 e. The molecule has 0 aliphatic carbocycles. The van der Waals surface area contributed by atoms with Gasteiger partial charge in [0, 0.05) is 62.2 Å². The Morgan fingerprint density at radius 3 is 2.41 bits per heavy atom. The highest BCUT2D eigenvalue weighted by atomic mass is 35.5. The van der Waals surface area contributed by atoms with Gasteiger partial charge in [-0.15, -0.1) is 0 Å². The van der Waals surface area contributed by atoms with E-state index in [0.717, 1.165) is 63.0 Å². The molecule has 0 amide bonds. The number of carboxylic acids is 1.